The number of nitrogens with zero attached hydrogens (tertiary/aromatic N) is 4. The van der Waals surface area contributed by atoms with E-state index in [2.05, 4.69) is 15.4 Å². The second-order valence-electron chi connectivity index (χ2n) is 5.52. The second-order valence-corrected chi connectivity index (χ2v) is 6.34. The topological polar surface area (TPSA) is 76.5 Å². The Labute approximate surface area is 134 Å². The zero-order valence-electron chi connectivity index (χ0n) is 12.6. The van der Waals surface area contributed by atoms with Gasteiger partial charge in [-0.3, -0.25) is 8.89 Å². The van der Waals surface area contributed by atoms with Crippen LogP contribution < -0.4 is 5.43 Å². The molecular weight excluding hydrogens is 314 g/mol. The molecule has 0 aliphatic carbocycles. The molecule has 21 heavy (non-hydrogen) atoms. The summed E-state index contributed by atoms with van der Waals surface area (Å²) in [5.41, 5.74) is 3.65. The third kappa shape index (κ3) is 4.93. The predicted octanol–water partition coefficient (Wildman–Crippen LogP) is 1.40. The highest BCUT2D eigenvalue weighted by molar-refractivity contribution is 7.76. The van der Waals surface area contributed by atoms with E-state index in [0.717, 1.165) is 25.9 Å². The van der Waals surface area contributed by atoms with E-state index < -0.39 is 11.3 Å². The number of rotatable bonds is 5. The van der Waals surface area contributed by atoms with Gasteiger partial charge in [-0.15, -0.1) is 16.8 Å². The van der Waals surface area contributed by atoms with E-state index in [1.54, 1.807) is 10.9 Å². The summed E-state index contributed by atoms with van der Waals surface area (Å²) in [7, 11) is 2.01. The molecule has 1 aliphatic rings. The lowest BCUT2D eigenvalue weighted by molar-refractivity contribution is 0.184. The van der Waals surface area contributed by atoms with Crippen molar-refractivity contribution >= 4 is 29.4 Å². The second kappa shape index (κ2) is 8.09. The summed E-state index contributed by atoms with van der Waals surface area (Å²) in [6.45, 7) is 5.80. The van der Waals surface area contributed by atoms with E-state index in [0.29, 0.717) is 5.69 Å². The van der Waals surface area contributed by atoms with Gasteiger partial charge >= 0.3 is 0 Å². The van der Waals surface area contributed by atoms with Crippen LogP contribution in [0, 0.1) is 0 Å². The smallest absolute Gasteiger partial charge is 0.0880 e. The van der Waals surface area contributed by atoms with Crippen molar-refractivity contribution in [3.05, 3.63) is 12.4 Å². The third-order valence-electron chi connectivity index (χ3n) is 3.46. The van der Waals surface area contributed by atoms with E-state index in [4.69, 9.17) is 0 Å². The molecule has 1 aliphatic heterocycles. The number of hydrogen-bond donors (Lipinski definition) is 1. The Morgan fingerprint density at radius 3 is 2.81 bits per heavy atom. The maximum Gasteiger partial charge on any atom is 0.0880 e. The van der Waals surface area contributed by atoms with E-state index in [9.17, 15) is 8.76 Å². The van der Waals surface area contributed by atoms with Gasteiger partial charge in [0.1, 0.15) is 0 Å². The highest BCUT2D eigenvalue weighted by Gasteiger charge is 2.25. The van der Waals surface area contributed by atoms with Crippen LogP contribution in [0.5, 0.6) is 0 Å². The molecule has 9 heteroatoms. The van der Waals surface area contributed by atoms with Gasteiger partial charge in [0.05, 0.1) is 17.9 Å². The molecule has 0 spiro atoms. The SMILES string of the molecule is CC(C)n1cc(NN([C@@H]2CCCN(C)C2)S(=O)[O-])cn1.Cl. The molecule has 0 aromatic carbocycles. The molecule has 1 unspecified atom stereocenters. The largest absolute Gasteiger partial charge is 0.758 e. The summed E-state index contributed by atoms with van der Waals surface area (Å²) in [6, 6.07) is 0.201. The van der Waals surface area contributed by atoms with Gasteiger partial charge in [-0.2, -0.15) is 5.10 Å². The number of likely N-dealkylation sites (tertiary alicyclic amines) is 1. The molecule has 2 heterocycles. The van der Waals surface area contributed by atoms with Gasteiger partial charge in [0, 0.05) is 30.0 Å². The van der Waals surface area contributed by atoms with Gasteiger partial charge < -0.3 is 14.9 Å². The molecule has 1 aromatic rings. The van der Waals surface area contributed by atoms with Crippen molar-refractivity contribution in [3.8, 4) is 0 Å². The normalized spacial score (nSPS) is 21.3. The van der Waals surface area contributed by atoms with Gasteiger partial charge in [-0.1, -0.05) is 0 Å². The molecule has 122 valence electrons. The van der Waals surface area contributed by atoms with Crippen LogP contribution in [-0.2, 0) is 11.3 Å². The minimum atomic E-state index is -2.31. The van der Waals surface area contributed by atoms with Gasteiger partial charge in [-0.25, -0.2) is 0 Å². The van der Waals surface area contributed by atoms with E-state index in [1.807, 2.05) is 27.1 Å². The first-order valence-corrected chi connectivity index (χ1v) is 7.88. The summed E-state index contributed by atoms with van der Waals surface area (Å²) in [5.74, 6) is 0. The number of likely N-dealkylation sites (N-methyl/N-ethyl adjacent to an activating group) is 1. The Balaban J connectivity index is 0.00000220. The Kier molecular flexibility index (Phi) is 7.08. The fraction of sp³-hybridized carbons (Fsp3) is 0.750. The summed E-state index contributed by atoms with van der Waals surface area (Å²) < 4.78 is 26.0. The average molecular weight is 337 g/mol. The molecule has 2 rings (SSSR count). The minimum Gasteiger partial charge on any atom is -0.758 e. The molecule has 1 saturated heterocycles. The fourth-order valence-electron chi connectivity index (χ4n) is 2.39. The highest BCUT2D eigenvalue weighted by Crippen LogP contribution is 2.18. The van der Waals surface area contributed by atoms with Crippen LogP contribution in [0.25, 0.3) is 0 Å². The van der Waals surface area contributed by atoms with Crippen molar-refractivity contribution in [2.24, 2.45) is 0 Å². The van der Waals surface area contributed by atoms with Crippen LogP contribution in [-0.4, -0.2) is 54.0 Å². The molecule has 0 radical (unpaired) electrons. The quantitative estimate of drug-likeness (QED) is 0.649. The first-order valence-electron chi connectivity index (χ1n) is 6.85. The molecular formula is C12H23ClN5O2S-. The zero-order valence-corrected chi connectivity index (χ0v) is 14.2. The number of hydrazine groups is 1. The first-order chi connectivity index (χ1) is 9.47. The molecule has 1 aromatic heterocycles. The molecule has 1 fully saturated rings. The fourth-order valence-corrected chi connectivity index (χ4v) is 2.98. The van der Waals surface area contributed by atoms with E-state index in [1.165, 1.54) is 4.41 Å². The van der Waals surface area contributed by atoms with Crippen molar-refractivity contribution in [1.82, 2.24) is 19.1 Å². The van der Waals surface area contributed by atoms with Gasteiger partial charge in [-0.05, 0) is 40.3 Å². The van der Waals surface area contributed by atoms with Gasteiger partial charge in [0.25, 0.3) is 0 Å². The maximum atomic E-state index is 11.5. The Morgan fingerprint density at radius 1 is 1.57 bits per heavy atom. The van der Waals surface area contributed by atoms with E-state index in [-0.39, 0.29) is 24.5 Å². The number of nitrogens with one attached hydrogen (secondary N) is 1. The molecule has 7 nitrogen and oxygen atoms in total. The van der Waals surface area contributed by atoms with Crippen molar-refractivity contribution in [2.45, 2.75) is 38.8 Å². The molecule has 0 bridgehead atoms. The lowest BCUT2D eigenvalue weighted by Gasteiger charge is -2.38. The Morgan fingerprint density at radius 2 is 2.29 bits per heavy atom. The number of hydrogen-bond acceptors (Lipinski definition) is 5. The van der Waals surface area contributed by atoms with Crippen molar-refractivity contribution < 1.29 is 8.76 Å². The van der Waals surface area contributed by atoms with Crippen LogP contribution in [0.1, 0.15) is 32.7 Å². The van der Waals surface area contributed by atoms with Crippen molar-refractivity contribution in [1.29, 1.82) is 0 Å². The summed E-state index contributed by atoms with van der Waals surface area (Å²) in [5, 5.41) is 4.20. The maximum absolute atomic E-state index is 11.5. The summed E-state index contributed by atoms with van der Waals surface area (Å²) in [6.07, 6.45) is 5.33. The number of piperidine rings is 1. The van der Waals surface area contributed by atoms with Crippen LogP contribution in [0.4, 0.5) is 5.69 Å². The standard InChI is InChI=1S/C12H23N5O2S.ClH/c1-10(2)16-8-11(7-13-16)14-17(20(18)19)12-5-4-6-15(3)9-12;/h7-8,10,12,14H,4-6,9H2,1-3H3,(H,18,19);1H/p-1/t12-;/m1./s1. The minimum absolute atomic E-state index is 0. The zero-order chi connectivity index (χ0) is 14.7. The van der Waals surface area contributed by atoms with Crippen molar-refractivity contribution in [2.75, 3.05) is 25.6 Å². The third-order valence-corrected chi connectivity index (χ3v) is 4.17. The Hall–Kier alpha value is -0.670. The number of aromatic nitrogens is 2. The predicted molar refractivity (Wildman–Crippen MR) is 84.8 cm³/mol. The summed E-state index contributed by atoms with van der Waals surface area (Å²) >= 11 is -2.31. The van der Waals surface area contributed by atoms with Gasteiger partial charge in [0.2, 0.25) is 0 Å². The summed E-state index contributed by atoms with van der Waals surface area (Å²) in [4.78, 5) is 2.15. The first kappa shape index (κ1) is 18.4. The average Bonchev–Trinajstić information content (AvgIpc) is 2.84. The van der Waals surface area contributed by atoms with Crippen LogP contribution in [0.15, 0.2) is 12.4 Å². The lowest BCUT2D eigenvalue weighted by Crippen LogP contribution is -2.49. The molecule has 0 amide bonds. The van der Waals surface area contributed by atoms with Crippen LogP contribution in [0.3, 0.4) is 0 Å². The Bertz CT molecular complexity index is 470. The highest BCUT2D eigenvalue weighted by atomic mass is 35.5. The number of halogens is 1. The number of anilines is 1. The molecule has 2 atom stereocenters. The van der Waals surface area contributed by atoms with Gasteiger partial charge in [0.15, 0.2) is 0 Å². The van der Waals surface area contributed by atoms with Crippen LogP contribution in [0.2, 0.25) is 0 Å². The van der Waals surface area contributed by atoms with Crippen LogP contribution >= 0.6 is 12.4 Å². The monoisotopic (exact) mass is 336 g/mol. The lowest BCUT2D eigenvalue weighted by atomic mass is 10.1. The molecule has 0 saturated carbocycles. The molecule has 1 N–H and O–H groups in total. The van der Waals surface area contributed by atoms with Crippen molar-refractivity contribution in [3.63, 3.8) is 0 Å². The van der Waals surface area contributed by atoms with E-state index >= 15 is 0 Å².